The predicted molar refractivity (Wildman–Crippen MR) is 106 cm³/mol. The second-order valence-electron chi connectivity index (χ2n) is 6.88. The van der Waals surface area contributed by atoms with Crippen molar-refractivity contribution in [2.24, 2.45) is 0 Å². The molecule has 1 fully saturated rings. The molecule has 0 aromatic heterocycles. The third-order valence-corrected chi connectivity index (χ3v) is 6.48. The van der Waals surface area contributed by atoms with Crippen LogP contribution in [0.15, 0.2) is 53.4 Å². The molecular weight excluding hydrogens is 378 g/mol. The van der Waals surface area contributed by atoms with Gasteiger partial charge in [0.15, 0.2) is 0 Å². The highest BCUT2D eigenvalue weighted by molar-refractivity contribution is 7.89. The number of carbonyl (C=O) groups excluding carboxylic acids is 2. The number of likely N-dealkylation sites (tertiary alicyclic amines) is 1. The molecule has 2 amide bonds. The molecule has 1 saturated heterocycles. The number of amides is 2. The number of hydrogen-bond donors (Lipinski definition) is 1. The largest absolute Gasteiger partial charge is 0.338 e. The molecule has 8 heteroatoms. The molecule has 0 atom stereocenters. The lowest BCUT2D eigenvalue weighted by molar-refractivity contribution is -0.128. The number of carbonyl (C=O) groups is 2. The Kier molecular flexibility index (Phi) is 5.81. The quantitative estimate of drug-likeness (QED) is 0.805. The van der Waals surface area contributed by atoms with Gasteiger partial charge in [0.25, 0.3) is 5.91 Å². The van der Waals surface area contributed by atoms with Crippen molar-refractivity contribution in [1.82, 2.24) is 9.21 Å². The SMILES string of the molecule is CN(C)S(=O)(=O)c1ccc(NC(=O)c2ccc(CN3CCCC3=O)cc2)cc1. The van der Waals surface area contributed by atoms with Gasteiger partial charge in [-0.1, -0.05) is 12.1 Å². The maximum Gasteiger partial charge on any atom is 0.255 e. The van der Waals surface area contributed by atoms with E-state index in [1.165, 1.54) is 26.2 Å². The molecule has 0 aliphatic carbocycles. The number of sulfonamides is 1. The molecule has 1 aliphatic rings. The zero-order valence-corrected chi connectivity index (χ0v) is 16.7. The van der Waals surface area contributed by atoms with E-state index in [0.29, 0.717) is 24.2 Å². The van der Waals surface area contributed by atoms with Crippen molar-refractivity contribution in [3.8, 4) is 0 Å². The maximum atomic E-state index is 12.4. The summed E-state index contributed by atoms with van der Waals surface area (Å²) in [4.78, 5) is 26.1. The van der Waals surface area contributed by atoms with Crippen LogP contribution in [0.1, 0.15) is 28.8 Å². The van der Waals surface area contributed by atoms with Gasteiger partial charge in [0.2, 0.25) is 15.9 Å². The molecule has 3 rings (SSSR count). The van der Waals surface area contributed by atoms with Gasteiger partial charge in [-0.15, -0.1) is 0 Å². The van der Waals surface area contributed by atoms with Gasteiger partial charge in [0.1, 0.15) is 0 Å². The Morgan fingerprint density at radius 2 is 1.71 bits per heavy atom. The van der Waals surface area contributed by atoms with Crippen molar-refractivity contribution < 1.29 is 18.0 Å². The van der Waals surface area contributed by atoms with Crippen LogP contribution in [0.25, 0.3) is 0 Å². The summed E-state index contributed by atoms with van der Waals surface area (Å²) in [5.74, 6) is -0.117. The molecule has 1 aliphatic heterocycles. The first-order valence-corrected chi connectivity index (χ1v) is 10.4. The molecule has 0 bridgehead atoms. The summed E-state index contributed by atoms with van der Waals surface area (Å²) in [6.45, 7) is 1.34. The van der Waals surface area contributed by atoms with Crippen LogP contribution in [0.4, 0.5) is 5.69 Å². The van der Waals surface area contributed by atoms with E-state index >= 15 is 0 Å². The lowest BCUT2D eigenvalue weighted by atomic mass is 10.1. The van der Waals surface area contributed by atoms with Gasteiger partial charge in [0, 0.05) is 44.9 Å². The third kappa shape index (κ3) is 4.40. The van der Waals surface area contributed by atoms with Crippen LogP contribution >= 0.6 is 0 Å². The van der Waals surface area contributed by atoms with E-state index in [4.69, 9.17) is 0 Å². The van der Waals surface area contributed by atoms with Crippen molar-refractivity contribution >= 4 is 27.5 Å². The maximum absolute atomic E-state index is 12.4. The fourth-order valence-corrected chi connectivity index (χ4v) is 3.88. The van der Waals surface area contributed by atoms with Gasteiger partial charge < -0.3 is 10.2 Å². The summed E-state index contributed by atoms with van der Waals surface area (Å²) in [5, 5.41) is 2.75. The van der Waals surface area contributed by atoms with Crippen molar-refractivity contribution in [1.29, 1.82) is 0 Å². The van der Waals surface area contributed by atoms with Crippen molar-refractivity contribution in [2.45, 2.75) is 24.3 Å². The van der Waals surface area contributed by atoms with E-state index in [-0.39, 0.29) is 16.7 Å². The summed E-state index contributed by atoms with van der Waals surface area (Å²) >= 11 is 0. The number of anilines is 1. The Labute approximate surface area is 165 Å². The van der Waals surface area contributed by atoms with E-state index in [1.54, 1.807) is 24.3 Å². The number of hydrogen-bond acceptors (Lipinski definition) is 4. The highest BCUT2D eigenvalue weighted by atomic mass is 32.2. The Balaban J connectivity index is 1.64. The first-order chi connectivity index (χ1) is 13.3. The number of nitrogens with zero attached hydrogens (tertiary/aromatic N) is 2. The topological polar surface area (TPSA) is 86.8 Å². The van der Waals surface area contributed by atoms with Gasteiger partial charge in [-0.25, -0.2) is 12.7 Å². The smallest absolute Gasteiger partial charge is 0.255 e. The van der Waals surface area contributed by atoms with E-state index in [1.807, 2.05) is 17.0 Å². The summed E-state index contributed by atoms with van der Waals surface area (Å²) in [7, 11) is -0.567. The summed E-state index contributed by atoms with van der Waals surface area (Å²) in [6.07, 6.45) is 1.50. The van der Waals surface area contributed by atoms with Crippen LogP contribution in [0.5, 0.6) is 0 Å². The second-order valence-corrected chi connectivity index (χ2v) is 9.03. The van der Waals surface area contributed by atoms with Crippen LogP contribution in [0.2, 0.25) is 0 Å². The lowest BCUT2D eigenvalue weighted by Crippen LogP contribution is -2.23. The van der Waals surface area contributed by atoms with Gasteiger partial charge >= 0.3 is 0 Å². The third-order valence-electron chi connectivity index (χ3n) is 4.65. The molecule has 0 unspecified atom stereocenters. The molecule has 1 heterocycles. The first-order valence-electron chi connectivity index (χ1n) is 8.98. The minimum Gasteiger partial charge on any atom is -0.338 e. The predicted octanol–water partition coefficient (Wildman–Crippen LogP) is 2.31. The fraction of sp³-hybridized carbons (Fsp3) is 0.300. The lowest BCUT2D eigenvalue weighted by Gasteiger charge is -2.15. The van der Waals surface area contributed by atoms with Crippen molar-refractivity contribution in [2.75, 3.05) is 26.0 Å². The van der Waals surface area contributed by atoms with Gasteiger partial charge in [-0.2, -0.15) is 0 Å². The molecule has 2 aromatic rings. The normalized spacial score (nSPS) is 14.5. The van der Waals surface area contributed by atoms with E-state index in [0.717, 1.165) is 22.8 Å². The summed E-state index contributed by atoms with van der Waals surface area (Å²) in [6, 6.07) is 13.2. The number of benzene rings is 2. The Hall–Kier alpha value is -2.71. The average Bonchev–Trinajstić information content (AvgIpc) is 3.07. The van der Waals surface area contributed by atoms with Crippen LogP contribution in [0.3, 0.4) is 0 Å². The van der Waals surface area contributed by atoms with E-state index in [2.05, 4.69) is 5.32 Å². The monoisotopic (exact) mass is 401 g/mol. The van der Waals surface area contributed by atoms with E-state index < -0.39 is 10.0 Å². The Morgan fingerprint density at radius 3 is 2.25 bits per heavy atom. The molecule has 0 radical (unpaired) electrons. The zero-order chi connectivity index (χ0) is 20.3. The Morgan fingerprint density at radius 1 is 1.07 bits per heavy atom. The van der Waals surface area contributed by atoms with Crippen LogP contribution in [0, 0.1) is 0 Å². The van der Waals surface area contributed by atoms with Crippen LogP contribution in [-0.2, 0) is 21.4 Å². The standard InChI is InChI=1S/C20H23N3O4S/c1-22(2)28(26,27)18-11-9-17(10-12-18)21-20(25)16-7-5-15(6-8-16)14-23-13-3-4-19(23)24/h5-12H,3-4,13-14H2,1-2H3,(H,21,25). The van der Waals surface area contributed by atoms with Crippen LogP contribution < -0.4 is 5.32 Å². The van der Waals surface area contributed by atoms with Crippen LogP contribution in [-0.4, -0.2) is 50.1 Å². The molecule has 1 N–H and O–H groups in total. The van der Waals surface area contributed by atoms with Crippen molar-refractivity contribution in [3.05, 3.63) is 59.7 Å². The first kappa shape index (κ1) is 20.0. The molecule has 148 valence electrons. The summed E-state index contributed by atoms with van der Waals surface area (Å²) < 4.78 is 25.3. The highest BCUT2D eigenvalue weighted by Crippen LogP contribution is 2.18. The molecule has 28 heavy (non-hydrogen) atoms. The Bertz CT molecular complexity index is 968. The molecule has 2 aromatic carbocycles. The van der Waals surface area contributed by atoms with E-state index in [9.17, 15) is 18.0 Å². The molecular formula is C20H23N3O4S. The molecule has 0 spiro atoms. The number of rotatable bonds is 6. The van der Waals surface area contributed by atoms with Crippen molar-refractivity contribution in [3.63, 3.8) is 0 Å². The summed E-state index contributed by atoms with van der Waals surface area (Å²) in [5.41, 5.74) is 1.97. The molecule has 0 saturated carbocycles. The molecule has 7 nitrogen and oxygen atoms in total. The minimum atomic E-state index is -3.50. The minimum absolute atomic E-state index is 0.163. The number of nitrogens with one attached hydrogen (secondary N) is 1. The highest BCUT2D eigenvalue weighted by Gasteiger charge is 2.20. The van der Waals surface area contributed by atoms with Gasteiger partial charge in [0.05, 0.1) is 4.90 Å². The fourth-order valence-electron chi connectivity index (χ4n) is 2.98. The second kappa shape index (κ2) is 8.12. The van der Waals surface area contributed by atoms with Gasteiger partial charge in [-0.3, -0.25) is 9.59 Å². The zero-order valence-electron chi connectivity index (χ0n) is 15.9. The van der Waals surface area contributed by atoms with Gasteiger partial charge in [-0.05, 0) is 48.4 Å². The average molecular weight is 401 g/mol.